The molecule has 0 spiro atoms. The van der Waals surface area contributed by atoms with Crippen LogP contribution in [-0.4, -0.2) is 21.1 Å². The third kappa shape index (κ3) is 3.12. The van der Waals surface area contributed by atoms with E-state index < -0.39 is 0 Å². The summed E-state index contributed by atoms with van der Waals surface area (Å²) in [5.41, 5.74) is 1.23. The Bertz CT molecular complexity index is 807. The number of hydrogen-bond donors (Lipinski definition) is 1. The molecule has 0 bridgehead atoms. The Hall–Kier alpha value is -2.34. The van der Waals surface area contributed by atoms with E-state index in [9.17, 15) is 4.79 Å². The summed E-state index contributed by atoms with van der Waals surface area (Å²) in [6.07, 6.45) is 2.55. The lowest BCUT2D eigenvalue weighted by atomic mass is 10.1. The minimum Gasteiger partial charge on any atom is -0.296 e. The molecule has 0 radical (unpaired) electrons. The van der Waals surface area contributed by atoms with Gasteiger partial charge in [-0.05, 0) is 18.1 Å². The van der Waals surface area contributed by atoms with E-state index in [4.69, 9.17) is 0 Å². The first-order valence-corrected chi connectivity index (χ1v) is 7.92. The molecule has 2 aromatic heterocycles. The molecule has 1 aromatic carbocycles. The van der Waals surface area contributed by atoms with Gasteiger partial charge < -0.3 is 0 Å². The van der Waals surface area contributed by atoms with Crippen molar-refractivity contribution in [1.29, 1.82) is 0 Å². The van der Waals surface area contributed by atoms with Crippen LogP contribution in [0.15, 0.2) is 36.5 Å². The Morgan fingerprint density at radius 2 is 2.05 bits per heavy atom. The van der Waals surface area contributed by atoms with Crippen LogP contribution < -0.4 is 5.32 Å². The maximum atomic E-state index is 12.4. The molecule has 0 unspecified atom stereocenters. The molecule has 0 aliphatic heterocycles. The highest BCUT2D eigenvalue weighted by atomic mass is 32.1. The predicted molar refractivity (Wildman–Crippen MR) is 88.1 cm³/mol. The van der Waals surface area contributed by atoms with Crippen LogP contribution in [0.5, 0.6) is 0 Å². The molecule has 1 N–H and O–H groups in total. The van der Waals surface area contributed by atoms with Crippen molar-refractivity contribution in [2.75, 3.05) is 5.32 Å². The standard InChI is InChI=1S/C16H16N4OS/c1-10(2)9-13-19-20-16(22-13)18-15(21)12-7-3-5-11-6-4-8-17-14(11)12/h3-8,10H,9H2,1-2H3,(H,18,20,21). The van der Waals surface area contributed by atoms with Gasteiger partial charge in [-0.25, -0.2) is 0 Å². The van der Waals surface area contributed by atoms with Gasteiger partial charge in [0.1, 0.15) is 5.01 Å². The van der Waals surface area contributed by atoms with E-state index in [0.717, 1.165) is 16.8 Å². The van der Waals surface area contributed by atoms with Gasteiger partial charge in [-0.3, -0.25) is 15.1 Å². The molecule has 1 amide bonds. The zero-order valence-electron chi connectivity index (χ0n) is 12.4. The zero-order valence-corrected chi connectivity index (χ0v) is 13.2. The molecule has 0 atom stereocenters. The van der Waals surface area contributed by atoms with Crippen LogP contribution in [-0.2, 0) is 6.42 Å². The van der Waals surface area contributed by atoms with Gasteiger partial charge in [0, 0.05) is 18.0 Å². The van der Waals surface area contributed by atoms with Gasteiger partial charge >= 0.3 is 0 Å². The number of nitrogens with one attached hydrogen (secondary N) is 1. The first-order chi connectivity index (χ1) is 10.6. The van der Waals surface area contributed by atoms with E-state index in [0.29, 0.717) is 22.1 Å². The van der Waals surface area contributed by atoms with Gasteiger partial charge in [0.25, 0.3) is 5.91 Å². The average Bonchev–Trinajstić information content (AvgIpc) is 2.92. The third-order valence-corrected chi connectivity index (χ3v) is 4.01. The van der Waals surface area contributed by atoms with Crippen LogP contribution in [0.4, 0.5) is 5.13 Å². The van der Waals surface area contributed by atoms with Crippen molar-refractivity contribution in [3.63, 3.8) is 0 Å². The van der Waals surface area contributed by atoms with E-state index in [1.54, 1.807) is 12.3 Å². The predicted octanol–water partition coefficient (Wildman–Crippen LogP) is 3.54. The lowest BCUT2D eigenvalue weighted by Crippen LogP contribution is -2.12. The molecule has 112 valence electrons. The highest BCUT2D eigenvalue weighted by Crippen LogP contribution is 2.21. The van der Waals surface area contributed by atoms with Crippen molar-refractivity contribution in [3.8, 4) is 0 Å². The highest BCUT2D eigenvalue weighted by Gasteiger charge is 2.14. The topological polar surface area (TPSA) is 67.8 Å². The Morgan fingerprint density at radius 3 is 2.86 bits per heavy atom. The van der Waals surface area contributed by atoms with Crippen molar-refractivity contribution in [1.82, 2.24) is 15.2 Å². The average molecular weight is 312 g/mol. The fraction of sp³-hybridized carbons (Fsp3) is 0.250. The summed E-state index contributed by atoms with van der Waals surface area (Å²) in [6, 6.07) is 9.34. The molecule has 0 saturated heterocycles. The van der Waals surface area contributed by atoms with Gasteiger partial charge in [-0.1, -0.05) is 43.4 Å². The quantitative estimate of drug-likeness (QED) is 0.800. The molecule has 5 nitrogen and oxygen atoms in total. The number of aromatic nitrogens is 3. The maximum Gasteiger partial charge on any atom is 0.259 e. The van der Waals surface area contributed by atoms with Crippen molar-refractivity contribution in [3.05, 3.63) is 47.1 Å². The van der Waals surface area contributed by atoms with Crippen LogP contribution in [0.3, 0.4) is 0 Å². The summed E-state index contributed by atoms with van der Waals surface area (Å²) in [4.78, 5) is 16.7. The lowest BCUT2D eigenvalue weighted by molar-refractivity contribution is 0.102. The van der Waals surface area contributed by atoms with Crippen molar-refractivity contribution < 1.29 is 4.79 Å². The minimum absolute atomic E-state index is 0.212. The van der Waals surface area contributed by atoms with Crippen molar-refractivity contribution in [2.24, 2.45) is 5.92 Å². The van der Waals surface area contributed by atoms with Gasteiger partial charge in [0.05, 0.1) is 11.1 Å². The molecule has 2 heterocycles. The van der Waals surface area contributed by atoms with Crippen molar-refractivity contribution >= 4 is 33.3 Å². The number of hydrogen-bond acceptors (Lipinski definition) is 5. The number of para-hydroxylation sites is 1. The SMILES string of the molecule is CC(C)Cc1nnc(NC(=O)c2cccc3cccnc23)s1. The Balaban J connectivity index is 1.83. The monoisotopic (exact) mass is 312 g/mol. The molecule has 6 heteroatoms. The summed E-state index contributed by atoms with van der Waals surface area (Å²) < 4.78 is 0. The minimum atomic E-state index is -0.212. The molecule has 0 aliphatic rings. The summed E-state index contributed by atoms with van der Waals surface area (Å²) in [7, 11) is 0. The second-order valence-electron chi connectivity index (χ2n) is 5.43. The van der Waals surface area contributed by atoms with Crippen LogP contribution in [0, 0.1) is 5.92 Å². The maximum absolute atomic E-state index is 12.4. The van der Waals surface area contributed by atoms with Gasteiger partial charge in [0.15, 0.2) is 0 Å². The van der Waals surface area contributed by atoms with E-state index in [1.165, 1.54) is 11.3 Å². The summed E-state index contributed by atoms with van der Waals surface area (Å²) in [6.45, 7) is 4.25. The fourth-order valence-electron chi connectivity index (χ4n) is 2.19. The van der Waals surface area contributed by atoms with Crippen LogP contribution in [0.25, 0.3) is 10.9 Å². The van der Waals surface area contributed by atoms with Crippen LogP contribution >= 0.6 is 11.3 Å². The number of pyridine rings is 1. The smallest absolute Gasteiger partial charge is 0.259 e. The normalized spacial score (nSPS) is 11.0. The molecule has 0 fully saturated rings. The fourth-order valence-corrected chi connectivity index (χ4v) is 3.13. The first kappa shape index (κ1) is 14.6. The number of anilines is 1. The molecule has 3 rings (SSSR count). The third-order valence-electron chi connectivity index (χ3n) is 3.15. The van der Waals surface area contributed by atoms with Gasteiger partial charge in [-0.2, -0.15) is 0 Å². The van der Waals surface area contributed by atoms with Gasteiger partial charge in [0.2, 0.25) is 5.13 Å². The second kappa shape index (κ2) is 6.19. The Morgan fingerprint density at radius 1 is 1.23 bits per heavy atom. The number of carbonyl (C=O) groups excluding carboxylic acids is 1. The number of fused-ring (bicyclic) bond motifs is 1. The lowest BCUT2D eigenvalue weighted by Gasteiger charge is -2.04. The zero-order chi connectivity index (χ0) is 15.5. The van der Waals surface area contributed by atoms with E-state index in [2.05, 4.69) is 34.3 Å². The van der Waals surface area contributed by atoms with E-state index in [1.807, 2.05) is 24.3 Å². The van der Waals surface area contributed by atoms with E-state index >= 15 is 0 Å². The molecule has 0 saturated carbocycles. The largest absolute Gasteiger partial charge is 0.296 e. The second-order valence-corrected chi connectivity index (χ2v) is 6.50. The Labute approximate surface area is 132 Å². The van der Waals surface area contributed by atoms with E-state index in [-0.39, 0.29) is 5.91 Å². The number of benzene rings is 1. The van der Waals surface area contributed by atoms with Crippen molar-refractivity contribution in [2.45, 2.75) is 20.3 Å². The molecular weight excluding hydrogens is 296 g/mol. The molecular formula is C16H16N4OS. The number of rotatable bonds is 4. The molecule has 0 aliphatic carbocycles. The van der Waals surface area contributed by atoms with Crippen LogP contribution in [0.2, 0.25) is 0 Å². The number of amides is 1. The van der Waals surface area contributed by atoms with Crippen LogP contribution in [0.1, 0.15) is 29.2 Å². The summed E-state index contributed by atoms with van der Waals surface area (Å²) in [5.74, 6) is 0.301. The molecule has 3 aromatic rings. The molecule has 22 heavy (non-hydrogen) atoms. The summed E-state index contributed by atoms with van der Waals surface area (Å²) >= 11 is 1.42. The van der Waals surface area contributed by atoms with Gasteiger partial charge in [-0.15, -0.1) is 10.2 Å². The highest BCUT2D eigenvalue weighted by molar-refractivity contribution is 7.15. The first-order valence-electron chi connectivity index (χ1n) is 7.11. The number of carbonyl (C=O) groups is 1. The number of nitrogens with zero attached hydrogens (tertiary/aromatic N) is 3. The summed E-state index contributed by atoms with van der Waals surface area (Å²) in [5, 5.41) is 13.3. The Kier molecular flexibility index (Phi) is 4.11.